The summed E-state index contributed by atoms with van der Waals surface area (Å²) >= 11 is 0. The molecule has 4 fully saturated rings. The molecule has 4 heterocycles. The first kappa shape index (κ1) is 29.6. The van der Waals surface area contributed by atoms with Crippen LogP contribution >= 0.6 is 0 Å². The summed E-state index contributed by atoms with van der Waals surface area (Å²) in [5.41, 5.74) is -2.05. The minimum Gasteiger partial charge on any atom is -0.396 e. The maximum absolute atomic E-state index is 10.3. The zero-order valence-corrected chi connectivity index (χ0v) is 24.4. The van der Waals surface area contributed by atoms with Gasteiger partial charge in [-0.1, -0.05) is 0 Å². The minimum absolute atomic E-state index is 0.0104. The summed E-state index contributed by atoms with van der Waals surface area (Å²) in [6, 6.07) is 0. The maximum Gasteiger partial charge on any atom is 0.186 e. The smallest absolute Gasteiger partial charge is 0.186 e. The van der Waals surface area contributed by atoms with Gasteiger partial charge in [0.25, 0.3) is 0 Å². The quantitative estimate of drug-likeness (QED) is 0.413. The molecular formula is C28H52N2O7. The minimum atomic E-state index is -0.734. The van der Waals surface area contributed by atoms with E-state index in [1.54, 1.807) is 0 Å². The first-order valence-electron chi connectivity index (χ1n) is 13.9. The van der Waals surface area contributed by atoms with Gasteiger partial charge in [-0.2, -0.15) is 0 Å². The molecule has 0 atom stereocenters. The van der Waals surface area contributed by atoms with Gasteiger partial charge in [0.2, 0.25) is 0 Å². The predicted octanol–water partition coefficient (Wildman–Crippen LogP) is 2.33. The lowest BCUT2D eigenvalue weighted by atomic mass is 9.76. The van der Waals surface area contributed by atoms with Gasteiger partial charge in [0.15, 0.2) is 11.6 Å². The molecule has 2 spiro atoms. The van der Waals surface area contributed by atoms with E-state index in [0.29, 0.717) is 26.4 Å². The van der Waals surface area contributed by atoms with E-state index in [-0.39, 0.29) is 48.6 Å². The van der Waals surface area contributed by atoms with Crippen LogP contribution < -0.4 is 10.6 Å². The molecule has 4 saturated heterocycles. The van der Waals surface area contributed by atoms with Gasteiger partial charge in [-0.25, -0.2) is 0 Å². The second-order valence-electron chi connectivity index (χ2n) is 14.7. The molecule has 0 bridgehead atoms. The van der Waals surface area contributed by atoms with Crippen molar-refractivity contribution in [3.05, 3.63) is 0 Å². The molecule has 0 saturated carbocycles. The van der Waals surface area contributed by atoms with Crippen molar-refractivity contribution in [2.45, 2.75) is 115 Å². The monoisotopic (exact) mass is 528 g/mol. The fraction of sp³-hybridized carbons (Fsp3) is 1.00. The van der Waals surface area contributed by atoms with Crippen LogP contribution in [0.4, 0.5) is 0 Å². The number of hydrogen-bond donors (Lipinski definition) is 4. The molecule has 0 aromatic heterocycles. The van der Waals surface area contributed by atoms with Gasteiger partial charge in [0.05, 0.1) is 74.8 Å². The van der Waals surface area contributed by atoms with Crippen LogP contribution in [-0.4, -0.2) is 96.8 Å². The highest BCUT2D eigenvalue weighted by Crippen LogP contribution is 2.46. The van der Waals surface area contributed by atoms with Crippen molar-refractivity contribution in [3.63, 3.8) is 0 Å². The summed E-state index contributed by atoms with van der Waals surface area (Å²) in [5, 5.41) is 27.9. The van der Waals surface area contributed by atoms with Gasteiger partial charge in [-0.05, 0) is 68.2 Å². The number of piperidine rings is 2. The highest BCUT2D eigenvalue weighted by atomic mass is 16.7. The van der Waals surface area contributed by atoms with Gasteiger partial charge in [0.1, 0.15) is 0 Å². The van der Waals surface area contributed by atoms with E-state index in [4.69, 9.17) is 23.7 Å². The second-order valence-corrected chi connectivity index (χ2v) is 14.7. The summed E-state index contributed by atoms with van der Waals surface area (Å²) < 4.78 is 31.8. The fourth-order valence-electron chi connectivity index (χ4n) is 6.77. The largest absolute Gasteiger partial charge is 0.396 e. The fourth-order valence-corrected chi connectivity index (χ4v) is 6.77. The van der Waals surface area contributed by atoms with Crippen LogP contribution in [-0.2, 0) is 23.7 Å². The number of aliphatic hydroxyl groups is 2. The van der Waals surface area contributed by atoms with Gasteiger partial charge in [-0.3, -0.25) is 0 Å². The first-order valence-corrected chi connectivity index (χ1v) is 13.9. The molecule has 216 valence electrons. The third kappa shape index (κ3) is 5.50. The lowest BCUT2D eigenvalue weighted by Gasteiger charge is -2.58. The molecule has 0 aromatic carbocycles. The molecule has 4 aliphatic rings. The van der Waals surface area contributed by atoms with Crippen molar-refractivity contribution in [2.24, 2.45) is 10.8 Å². The maximum atomic E-state index is 10.3. The Morgan fingerprint density at radius 2 is 0.892 bits per heavy atom. The van der Waals surface area contributed by atoms with E-state index in [2.05, 4.69) is 66.0 Å². The SMILES string of the molecule is CC1(C)CCC2(OCC(CO)(COCC3(CO)COC4(CCC(C)(C)NC4(C)C)OC3)CO2)C(C)(C)N1. The van der Waals surface area contributed by atoms with Crippen molar-refractivity contribution < 1.29 is 33.9 Å². The van der Waals surface area contributed by atoms with E-state index in [0.717, 1.165) is 25.7 Å². The molecule has 4 rings (SSSR count). The summed E-state index contributed by atoms with van der Waals surface area (Å²) in [4.78, 5) is 0. The van der Waals surface area contributed by atoms with Crippen molar-refractivity contribution in [2.75, 3.05) is 52.9 Å². The molecule has 9 nitrogen and oxygen atoms in total. The summed E-state index contributed by atoms with van der Waals surface area (Å²) in [5.74, 6) is -1.47. The standard InChI is InChI=1S/C28H52N2O7/c1-21(2)9-11-27(23(5,6)29-21)34-17-25(13-31,18-35-27)15-33-16-26(14-32)19-36-28(37-20-26)12-10-22(3,4)30-24(28,7)8/h29-32H,9-20H2,1-8H3. The van der Waals surface area contributed by atoms with Gasteiger partial charge in [-0.15, -0.1) is 0 Å². The molecule has 0 amide bonds. The van der Waals surface area contributed by atoms with Crippen LogP contribution in [0.1, 0.15) is 81.1 Å². The predicted molar refractivity (Wildman–Crippen MR) is 140 cm³/mol. The number of hydrogen-bond acceptors (Lipinski definition) is 9. The van der Waals surface area contributed by atoms with Gasteiger partial charge >= 0.3 is 0 Å². The summed E-state index contributed by atoms with van der Waals surface area (Å²) in [6.07, 6.45) is 3.44. The molecule has 4 aliphatic heterocycles. The Morgan fingerprint density at radius 1 is 0.568 bits per heavy atom. The number of rotatable bonds is 6. The van der Waals surface area contributed by atoms with Crippen LogP contribution in [0.5, 0.6) is 0 Å². The average Bonchev–Trinajstić information content (AvgIpc) is 2.80. The van der Waals surface area contributed by atoms with E-state index >= 15 is 0 Å². The van der Waals surface area contributed by atoms with E-state index in [9.17, 15) is 10.2 Å². The van der Waals surface area contributed by atoms with Crippen molar-refractivity contribution in [3.8, 4) is 0 Å². The topological polar surface area (TPSA) is 111 Å². The third-order valence-electron chi connectivity index (χ3n) is 9.30. The molecule has 0 aliphatic carbocycles. The average molecular weight is 529 g/mol. The molecule has 0 radical (unpaired) electrons. The van der Waals surface area contributed by atoms with Crippen LogP contribution in [0.25, 0.3) is 0 Å². The lowest BCUT2D eigenvalue weighted by molar-refractivity contribution is -0.360. The van der Waals surface area contributed by atoms with Gasteiger partial charge in [0, 0.05) is 23.9 Å². The normalized spacial score (nSPS) is 37.5. The Labute approximate surface area is 223 Å². The highest BCUT2D eigenvalue weighted by Gasteiger charge is 2.59. The summed E-state index contributed by atoms with van der Waals surface area (Å²) in [7, 11) is 0. The zero-order valence-electron chi connectivity index (χ0n) is 24.4. The van der Waals surface area contributed by atoms with Crippen LogP contribution in [0.2, 0.25) is 0 Å². The van der Waals surface area contributed by atoms with Crippen LogP contribution in [0.15, 0.2) is 0 Å². The molecule has 0 unspecified atom stereocenters. The first-order chi connectivity index (χ1) is 17.0. The van der Waals surface area contributed by atoms with Crippen LogP contribution in [0.3, 0.4) is 0 Å². The molecule has 0 aromatic rings. The van der Waals surface area contributed by atoms with Gasteiger partial charge < -0.3 is 44.5 Å². The molecule has 9 heteroatoms. The Hall–Kier alpha value is -0.360. The Kier molecular flexibility index (Phi) is 7.71. The molecule has 37 heavy (non-hydrogen) atoms. The summed E-state index contributed by atoms with van der Waals surface area (Å²) in [6.45, 7) is 18.9. The number of ether oxygens (including phenoxy) is 5. The third-order valence-corrected chi connectivity index (χ3v) is 9.30. The zero-order chi connectivity index (χ0) is 27.4. The van der Waals surface area contributed by atoms with E-state index < -0.39 is 22.4 Å². The van der Waals surface area contributed by atoms with Crippen molar-refractivity contribution >= 4 is 0 Å². The number of aliphatic hydroxyl groups excluding tert-OH is 2. The molecular weight excluding hydrogens is 476 g/mol. The van der Waals surface area contributed by atoms with Crippen LogP contribution in [0, 0.1) is 10.8 Å². The lowest BCUT2D eigenvalue weighted by Crippen LogP contribution is -2.73. The van der Waals surface area contributed by atoms with Crippen molar-refractivity contribution in [1.29, 1.82) is 0 Å². The second kappa shape index (κ2) is 9.63. The Bertz CT molecular complexity index is 743. The highest BCUT2D eigenvalue weighted by molar-refractivity contribution is 5.08. The van der Waals surface area contributed by atoms with E-state index in [1.807, 2.05) is 0 Å². The number of nitrogens with one attached hydrogen (secondary N) is 2. The van der Waals surface area contributed by atoms with Crippen molar-refractivity contribution in [1.82, 2.24) is 10.6 Å². The molecule has 4 N–H and O–H groups in total. The Morgan fingerprint density at radius 3 is 1.16 bits per heavy atom. The Balaban J connectivity index is 1.33. The van der Waals surface area contributed by atoms with E-state index in [1.165, 1.54) is 0 Å².